The van der Waals surface area contributed by atoms with Gasteiger partial charge in [-0.05, 0) is 37.1 Å². The van der Waals surface area contributed by atoms with Crippen LogP contribution < -0.4 is 4.90 Å². The third kappa shape index (κ3) is 3.22. The van der Waals surface area contributed by atoms with Crippen LogP contribution in [0.15, 0.2) is 35.2 Å². The molecule has 2 fully saturated rings. The highest BCUT2D eigenvalue weighted by Crippen LogP contribution is 2.32. The Kier molecular flexibility index (Phi) is 4.46. The van der Waals surface area contributed by atoms with Gasteiger partial charge < -0.3 is 14.5 Å². The van der Waals surface area contributed by atoms with Gasteiger partial charge in [0.05, 0.1) is 18.6 Å². The molecule has 2 saturated heterocycles. The lowest BCUT2D eigenvalue weighted by Crippen LogP contribution is -2.62. The first-order valence-electron chi connectivity index (χ1n) is 8.44. The van der Waals surface area contributed by atoms with Crippen molar-refractivity contribution >= 4 is 28.8 Å². The molecular formula is C18H18FN3O3S. The Bertz CT molecular complexity index is 812. The van der Waals surface area contributed by atoms with Gasteiger partial charge in [0.2, 0.25) is 0 Å². The lowest BCUT2D eigenvalue weighted by atomic mass is 9.90. The van der Waals surface area contributed by atoms with Crippen molar-refractivity contribution in [3.8, 4) is 0 Å². The molecule has 2 aromatic rings. The van der Waals surface area contributed by atoms with E-state index in [1.807, 2.05) is 0 Å². The van der Waals surface area contributed by atoms with E-state index in [1.54, 1.807) is 32.8 Å². The van der Waals surface area contributed by atoms with E-state index < -0.39 is 5.60 Å². The molecule has 1 spiro atoms. The summed E-state index contributed by atoms with van der Waals surface area (Å²) in [5, 5.41) is 1.74. The molecule has 1 aromatic carbocycles. The molecule has 2 amide bonds. The average molecular weight is 375 g/mol. The maximum absolute atomic E-state index is 13.2. The number of halogens is 1. The fourth-order valence-electron chi connectivity index (χ4n) is 3.57. The zero-order chi connectivity index (χ0) is 18.1. The highest BCUT2D eigenvalue weighted by molar-refractivity contribution is 7.07. The minimum atomic E-state index is -0.605. The molecule has 3 heterocycles. The number of hydrogen-bond acceptors (Lipinski definition) is 5. The third-order valence-electron chi connectivity index (χ3n) is 4.87. The van der Waals surface area contributed by atoms with E-state index in [2.05, 4.69) is 4.98 Å². The predicted molar refractivity (Wildman–Crippen MR) is 94.7 cm³/mol. The molecule has 0 N–H and O–H groups in total. The number of morpholine rings is 1. The summed E-state index contributed by atoms with van der Waals surface area (Å²) >= 11 is 1.38. The van der Waals surface area contributed by atoms with Crippen LogP contribution in [0, 0.1) is 5.82 Å². The normalized spacial score (nSPS) is 23.5. The molecule has 1 unspecified atom stereocenters. The topological polar surface area (TPSA) is 62.7 Å². The number of nitrogens with zero attached hydrogens (tertiary/aromatic N) is 3. The Hall–Kier alpha value is -2.32. The fourth-order valence-corrected chi connectivity index (χ4v) is 4.10. The van der Waals surface area contributed by atoms with Crippen molar-refractivity contribution < 1.29 is 18.7 Å². The van der Waals surface area contributed by atoms with Crippen molar-refractivity contribution in [3.63, 3.8) is 0 Å². The molecule has 0 bridgehead atoms. The monoisotopic (exact) mass is 375 g/mol. The van der Waals surface area contributed by atoms with E-state index >= 15 is 0 Å². The average Bonchev–Trinajstić information content (AvgIpc) is 3.19. The van der Waals surface area contributed by atoms with Crippen LogP contribution in [-0.4, -0.2) is 53.5 Å². The van der Waals surface area contributed by atoms with E-state index in [0.717, 1.165) is 12.8 Å². The van der Waals surface area contributed by atoms with E-state index in [9.17, 15) is 14.0 Å². The first-order valence-corrected chi connectivity index (χ1v) is 9.38. The quantitative estimate of drug-likeness (QED) is 0.808. The Labute approximate surface area is 154 Å². The van der Waals surface area contributed by atoms with Gasteiger partial charge in [0.25, 0.3) is 11.8 Å². The summed E-state index contributed by atoms with van der Waals surface area (Å²) in [5.74, 6) is -0.619. The third-order valence-corrected chi connectivity index (χ3v) is 5.45. The van der Waals surface area contributed by atoms with Crippen molar-refractivity contribution in [2.75, 3.05) is 31.1 Å². The van der Waals surface area contributed by atoms with Crippen LogP contribution in [0.4, 0.5) is 10.1 Å². The van der Waals surface area contributed by atoms with Crippen molar-refractivity contribution in [2.45, 2.75) is 18.4 Å². The Morgan fingerprint density at radius 1 is 1.27 bits per heavy atom. The van der Waals surface area contributed by atoms with Crippen LogP contribution in [0.2, 0.25) is 0 Å². The van der Waals surface area contributed by atoms with Crippen molar-refractivity contribution in [1.82, 2.24) is 9.88 Å². The first-order chi connectivity index (χ1) is 12.6. The summed E-state index contributed by atoms with van der Waals surface area (Å²) in [6, 6.07) is 5.86. The van der Waals surface area contributed by atoms with E-state index in [1.165, 1.54) is 23.5 Å². The maximum Gasteiger partial charge on any atom is 0.273 e. The summed E-state index contributed by atoms with van der Waals surface area (Å²) in [6.45, 7) is 1.36. The Morgan fingerprint density at radius 2 is 2.08 bits per heavy atom. The highest BCUT2D eigenvalue weighted by Gasteiger charge is 2.44. The summed E-state index contributed by atoms with van der Waals surface area (Å²) < 4.78 is 19.1. The summed E-state index contributed by atoms with van der Waals surface area (Å²) in [7, 11) is 0. The fraction of sp³-hybridized carbons (Fsp3) is 0.389. The maximum atomic E-state index is 13.2. The number of ether oxygens (including phenoxy) is 1. The van der Waals surface area contributed by atoms with E-state index in [0.29, 0.717) is 31.0 Å². The molecule has 0 aliphatic carbocycles. The molecule has 2 aliphatic heterocycles. The van der Waals surface area contributed by atoms with Gasteiger partial charge in [-0.2, -0.15) is 0 Å². The lowest BCUT2D eigenvalue weighted by molar-refractivity contribution is -0.144. The number of thiazole rings is 1. The number of hydrogen-bond donors (Lipinski definition) is 0. The molecule has 4 rings (SSSR count). The van der Waals surface area contributed by atoms with Crippen molar-refractivity contribution in [2.24, 2.45) is 0 Å². The lowest BCUT2D eigenvalue weighted by Gasteiger charge is -2.47. The SMILES string of the molecule is O=C(c1cscn1)N1CCCC2(C1)CN(c1ccc(F)cc1)C(=O)CO2. The zero-order valence-electron chi connectivity index (χ0n) is 14.1. The molecule has 2 aliphatic rings. The number of aromatic nitrogens is 1. The van der Waals surface area contributed by atoms with Gasteiger partial charge in [-0.3, -0.25) is 9.59 Å². The first kappa shape index (κ1) is 17.1. The second-order valence-corrected chi connectivity index (χ2v) is 7.35. The molecule has 0 radical (unpaired) electrons. The molecule has 6 nitrogen and oxygen atoms in total. The number of amides is 2. The van der Waals surface area contributed by atoms with Crippen LogP contribution in [-0.2, 0) is 9.53 Å². The summed E-state index contributed by atoms with van der Waals surface area (Å²) in [4.78, 5) is 32.4. The molecule has 26 heavy (non-hydrogen) atoms. The number of rotatable bonds is 2. The molecular weight excluding hydrogens is 357 g/mol. The number of carbonyl (C=O) groups is 2. The van der Waals surface area contributed by atoms with Gasteiger partial charge in [-0.1, -0.05) is 0 Å². The van der Waals surface area contributed by atoms with Gasteiger partial charge >= 0.3 is 0 Å². The molecule has 0 saturated carbocycles. The Balaban J connectivity index is 1.54. The number of anilines is 1. The predicted octanol–water partition coefficient (Wildman–Crippen LogP) is 2.32. The summed E-state index contributed by atoms with van der Waals surface area (Å²) in [6.07, 6.45) is 1.56. The van der Waals surface area contributed by atoms with Gasteiger partial charge in [-0.25, -0.2) is 9.37 Å². The summed E-state index contributed by atoms with van der Waals surface area (Å²) in [5.41, 5.74) is 2.11. The largest absolute Gasteiger partial charge is 0.361 e. The molecule has 8 heteroatoms. The second kappa shape index (κ2) is 6.77. The number of benzene rings is 1. The second-order valence-electron chi connectivity index (χ2n) is 6.63. The number of carbonyl (C=O) groups excluding carboxylic acids is 2. The number of likely N-dealkylation sites (tertiary alicyclic amines) is 1. The van der Waals surface area contributed by atoms with Crippen LogP contribution in [0.1, 0.15) is 23.3 Å². The van der Waals surface area contributed by atoms with Crippen LogP contribution in [0.5, 0.6) is 0 Å². The Morgan fingerprint density at radius 3 is 2.81 bits per heavy atom. The molecule has 1 atom stereocenters. The van der Waals surface area contributed by atoms with Gasteiger partial charge in [0.15, 0.2) is 0 Å². The molecule has 1 aromatic heterocycles. The van der Waals surface area contributed by atoms with Gasteiger partial charge in [0.1, 0.15) is 23.7 Å². The van der Waals surface area contributed by atoms with Crippen LogP contribution in [0.25, 0.3) is 0 Å². The van der Waals surface area contributed by atoms with Crippen molar-refractivity contribution in [1.29, 1.82) is 0 Å². The number of piperidine rings is 1. The minimum Gasteiger partial charge on any atom is -0.361 e. The van der Waals surface area contributed by atoms with Crippen molar-refractivity contribution in [3.05, 3.63) is 46.7 Å². The zero-order valence-corrected chi connectivity index (χ0v) is 14.9. The minimum absolute atomic E-state index is 0.0455. The van der Waals surface area contributed by atoms with E-state index in [-0.39, 0.29) is 24.2 Å². The van der Waals surface area contributed by atoms with E-state index in [4.69, 9.17) is 4.74 Å². The standard InChI is InChI=1S/C18H18FN3O3S/c19-13-2-4-14(5-3-13)22-11-18(25-8-16(22)23)6-1-7-21(10-18)17(24)15-9-26-12-20-15/h2-5,9,12H,1,6-8,10-11H2. The van der Waals surface area contributed by atoms with Gasteiger partial charge in [-0.15, -0.1) is 11.3 Å². The smallest absolute Gasteiger partial charge is 0.273 e. The highest BCUT2D eigenvalue weighted by atomic mass is 32.1. The van der Waals surface area contributed by atoms with Gasteiger partial charge in [0, 0.05) is 17.6 Å². The van der Waals surface area contributed by atoms with Crippen LogP contribution >= 0.6 is 11.3 Å². The van der Waals surface area contributed by atoms with Crippen LogP contribution in [0.3, 0.4) is 0 Å². The molecule has 136 valence electrons.